The van der Waals surface area contributed by atoms with Crippen molar-refractivity contribution in [3.8, 4) is 0 Å². The lowest BCUT2D eigenvalue weighted by atomic mass is 10.1. The first-order valence-electron chi connectivity index (χ1n) is 8.65. The zero-order valence-electron chi connectivity index (χ0n) is 14.5. The second-order valence-corrected chi connectivity index (χ2v) is 10.0. The van der Waals surface area contributed by atoms with E-state index in [0.29, 0.717) is 18.8 Å². The van der Waals surface area contributed by atoms with E-state index in [-0.39, 0.29) is 36.0 Å². The smallest absolute Gasteiger partial charge is 0.228 e. The topological polar surface area (TPSA) is 90.3 Å². The van der Waals surface area contributed by atoms with E-state index in [1.807, 2.05) is 12.3 Å². The Hall–Kier alpha value is -1.71. The van der Waals surface area contributed by atoms with E-state index in [2.05, 4.69) is 16.5 Å². The molecule has 0 aliphatic carbocycles. The lowest BCUT2D eigenvalue weighted by molar-refractivity contribution is -0.119. The highest BCUT2D eigenvalue weighted by Crippen LogP contribution is 2.34. The third-order valence-corrected chi connectivity index (χ3v) is 7.62. The molecule has 0 saturated carbocycles. The second-order valence-electron chi connectivity index (χ2n) is 6.84. The molecule has 0 radical (unpaired) electrons. The molecule has 1 amide bonds. The van der Waals surface area contributed by atoms with Gasteiger partial charge in [-0.15, -0.1) is 11.3 Å². The fraction of sp³-hybridized carbons (Fsp3) is 0.529. The van der Waals surface area contributed by atoms with Crippen LogP contribution in [0.2, 0.25) is 0 Å². The number of hydrogen-bond acceptors (Lipinski definition) is 6. The quantitative estimate of drug-likeness (QED) is 0.858. The van der Waals surface area contributed by atoms with Gasteiger partial charge in [-0.3, -0.25) is 4.79 Å². The number of carbonyl (C=O) groups excluding carboxylic acids is 1. The molecule has 2 atom stereocenters. The standard InChI is InChI=1S/C17H21N3O4S2/c1-11-8-15(20(19-11)13-4-7-26(22,23)10-13)18-16(21)9-14-17-12(2-5-24-14)3-6-25-17/h3,6,8,13-14H,2,4-5,7,9-10H2,1H3,(H,18,21)/t13-,14+/m0/s1. The van der Waals surface area contributed by atoms with Crippen LogP contribution in [0, 0.1) is 6.92 Å². The average molecular weight is 396 g/mol. The summed E-state index contributed by atoms with van der Waals surface area (Å²) < 4.78 is 31.0. The number of anilines is 1. The summed E-state index contributed by atoms with van der Waals surface area (Å²) in [6.45, 7) is 2.45. The van der Waals surface area contributed by atoms with Crippen LogP contribution in [0.5, 0.6) is 0 Å². The summed E-state index contributed by atoms with van der Waals surface area (Å²) in [5.74, 6) is 0.637. The first-order valence-corrected chi connectivity index (χ1v) is 11.4. The van der Waals surface area contributed by atoms with Crippen molar-refractivity contribution < 1.29 is 17.9 Å². The van der Waals surface area contributed by atoms with Crippen molar-refractivity contribution in [3.63, 3.8) is 0 Å². The highest BCUT2D eigenvalue weighted by molar-refractivity contribution is 7.91. The summed E-state index contributed by atoms with van der Waals surface area (Å²) in [6.07, 6.45) is 1.43. The molecule has 2 aromatic rings. The molecule has 2 aliphatic heterocycles. The van der Waals surface area contributed by atoms with Gasteiger partial charge in [0.25, 0.3) is 0 Å². The van der Waals surface area contributed by atoms with Crippen molar-refractivity contribution in [2.45, 2.75) is 38.3 Å². The Morgan fingerprint density at radius 2 is 2.35 bits per heavy atom. The number of nitrogens with one attached hydrogen (secondary N) is 1. The third-order valence-electron chi connectivity index (χ3n) is 4.81. The number of amides is 1. The van der Waals surface area contributed by atoms with E-state index >= 15 is 0 Å². The second kappa shape index (κ2) is 6.79. The molecule has 0 unspecified atom stereocenters. The van der Waals surface area contributed by atoms with Gasteiger partial charge in [0.1, 0.15) is 11.9 Å². The first kappa shape index (κ1) is 17.7. The van der Waals surface area contributed by atoms with Crippen molar-refractivity contribution in [1.82, 2.24) is 9.78 Å². The number of nitrogens with zero attached hydrogens (tertiary/aromatic N) is 2. The van der Waals surface area contributed by atoms with Crippen molar-refractivity contribution in [2.24, 2.45) is 0 Å². The minimum Gasteiger partial charge on any atom is -0.372 e. The Bertz CT molecular complexity index is 932. The van der Waals surface area contributed by atoms with E-state index in [9.17, 15) is 13.2 Å². The number of ether oxygens (including phenoxy) is 1. The van der Waals surface area contributed by atoms with Gasteiger partial charge in [0.15, 0.2) is 9.84 Å². The van der Waals surface area contributed by atoms with Crippen molar-refractivity contribution >= 4 is 32.9 Å². The molecule has 140 valence electrons. The van der Waals surface area contributed by atoms with Crippen molar-refractivity contribution in [3.05, 3.63) is 33.6 Å². The number of thiophene rings is 1. The van der Waals surface area contributed by atoms with E-state index < -0.39 is 9.84 Å². The van der Waals surface area contributed by atoms with Crippen molar-refractivity contribution in [1.29, 1.82) is 0 Å². The summed E-state index contributed by atoms with van der Waals surface area (Å²) in [4.78, 5) is 13.7. The summed E-state index contributed by atoms with van der Waals surface area (Å²) in [7, 11) is -3.02. The van der Waals surface area contributed by atoms with Gasteiger partial charge in [0.2, 0.25) is 5.91 Å². The number of hydrogen-bond donors (Lipinski definition) is 1. The van der Waals surface area contributed by atoms with E-state index in [1.165, 1.54) is 5.56 Å². The van der Waals surface area contributed by atoms with Crippen molar-refractivity contribution in [2.75, 3.05) is 23.4 Å². The van der Waals surface area contributed by atoms with Crippen LogP contribution in [0.3, 0.4) is 0 Å². The van der Waals surface area contributed by atoms with Crippen LogP contribution in [0.4, 0.5) is 5.82 Å². The molecular weight excluding hydrogens is 374 g/mol. The normalized spacial score (nSPS) is 24.3. The van der Waals surface area contributed by atoms with Crippen LogP contribution >= 0.6 is 11.3 Å². The molecule has 7 nitrogen and oxygen atoms in total. The molecular formula is C17H21N3O4S2. The van der Waals surface area contributed by atoms with E-state index in [1.54, 1.807) is 22.1 Å². The van der Waals surface area contributed by atoms with E-state index in [0.717, 1.165) is 17.0 Å². The SMILES string of the molecule is Cc1cc(NC(=O)C[C@H]2OCCc3ccsc32)n([C@H]2CCS(=O)(=O)C2)n1. The molecule has 2 aromatic heterocycles. The molecule has 0 bridgehead atoms. The number of fused-ring (bicyclic) bond motifs is 1. The molecule has 4 rings (SSSR count). The van der Waals surface area contributed by atoms with Gasteiger partial charge in [0, 0.05) is 10.9 Å². The molecule has 1 fully saturated rings. The Labute approximate surface area is 156 Å². The monoisotopic (exact) mass is 395 g/mol. The number of sulfone groups is 1. The van der Waals surface area contributed by atoms with Crippen LogP contribution in [0.15, 0.2) is 17.5 Å². The fourth-order valence-corrected chi connectivity index (χ4v) is 6.29. The molecule has 26 heavy (non-hydrogen) atoms. The molecule has 2 aliphatic rings. The van der Waals surface area contributed by atoms with Gasteiger partial charge in [-0.2, -0.15) is 5.10 Å². The zero-order chi connectivity index (χ0) is 18.3. The van der Waals surface area contributed by atoms with Gasteiger partial charge < -0.3 is 10.1 Å². The van der Waals surface area contributed by atoms with Crippen LogP contribution in [-0.2, 0) is 25.8 Å². The summed E-state index contributed by atoms with van der Waals surface area (Å²) in [6, 6.07) is 3.65. The largest absolute Gasteiger partial charge is 0.372 e. The minimum atomic E-state index is -3.02. The van der Waals surface area contributed by atoms with Gasteiger partial charge in [-0.05, 0) is 36.8 Å². The highest BCUT2D eigenvalue weighted by Gasteiger charge is 2.32. The average Bonchev–Trinajstić information content (AvgIpc) is 3.26. The maximum absolute atomic E-state index is 12.6. The molecule has 0 spiro atoms. The predicted octanol–water partition coefficient (Wildman–Crippen LogP) is 2.26. The molecule has 0 aromatic carbocycles. The zero-order valence-corrected chi connectivity index (χ0v) is 16.1. The maximum atomic E-state index is 12.6. The summed E-state index contributed by atoms with van der Waals surface area (Å²) in [5, 5.41) is 9.32. The highest BCUT2D eigenvalue weighted by atomic mass is 32.2. The Morgan fingerprint density at radius 1 is 1.50 bits per heavy atom. The maximum Gasteiger partial charge on any atom is 0.228 e. The van der Waals surface area contributed by atoms with Gasteiger partial charge in [-0.1, -0.05) is 0 Å². The molecule has 1 saturated heterocycles. The molecule has 4 heterocycles. The first-order chi connectivity index (χ1) is 12.4. The fourth-order valence-electron chi connectivity index (χ4n) is 3.59. The van der Waals surface area contributed by atoms with E-state index in [4.69, 9.17) is 4.74 Å². The Balaban J connectivity index is 1.47. The molecule has 9 heteroatoms. The number of aromatic nitrogens is 2. The van der Waals surface area contributed by atoms with Crippen LogP contribution in [0.1, 0.15) is 41.1 Å². The Kier molecular flexibility index (Phi) is 4.62. The van der Waals surface area contributed by atoms with Crippen LogP contribution in [-0.4, -0.2) is 42.2 Å². The van der Waals surface area contributed by atoms with Gasteiger partial charge in [-0.25, -0.2) is 13.1 Å². The summed E-state index contributed by atoms with van der Waals surface area (Å²) in [5.41, 5.74) is 2.01. The number of carbonyl (C=O) groups is 1. The lowest BCUT2D eigenvalue weighted by Crippen LogP contribution is -2.23. The van der Waals surface area contributed by atoms with Gasteiger partial charge >= 0.3 is 0 Å². The Morgan fingerprint density at radius 3 is 3.12 bits per heavy atom. The summed E-state index contributed by atoms with van der Waals surface area (Å²) >= 11 is 1.62. The number of rotatable bonds is 4. The minimum absolute atomic E-state index is 0.0707. The van der Waals surface area contributed by atoms with Crippen LogP contribution < -0.4 is 5.32 Å². The van der Waals surface area contributed by atoms with Crippen LogP contribution in [0.25, 0.3) is 0 Å². The van der Waals surface area contributed by atoms with Gasteiger partial charge in [0.05, 0.1) is 36.3 Å². The molecule has 1 N–H and O–H groups in total. The predicted molar refractivity (Wildman–Crippen MR) is 99.2 cm³/mol. The third kappa shape index (κ3) is 3.56. The number of aryl methyl sites for hydroxylation is 1. The lowest BCUT2D eigenvalue weighted by Gasteiger charge is -2.23.